The van der Waals surface area contributed by atoms with E-state index in [1.807, 2.05) is 19.1 Å². The Bertz CT molecular complexity index is 902. The molecule has 5 nitrogen and oxygen atoms in total. The molecule has 0 saturated carbocycles. The first-order chi connectivity index (χ1) is 13.7. The van der Waals surface area contributed by atoms with Crippen molar-refractivity contribution >= 4 is 23.1 Å². The van der Waals surface area contributed by atoms with Crippen molar-refractivity contribution in [2.45, 2.75) is 26.3 Å². The lowest BCUT2D eigenvalue weighted by Crippen LogP contribution is -2.18. The predicted octanol–water partition coefficient (Wildman–Crippen LogP) is 4.77. The SMILES string of the molecule is Cc1cc(N(C)Cc2ccccc2)nc(Nc2ccc(N3CCCC3)cc2)n1. The molecule has 2 heterocycles. The molecular formula is C23H27N5. The zero-order valence-electron chi connectivity index (χ0n) is 16.6. The van der Waals surface area contributed by atoms with Gasteiger partial charge in [0.25, 0.3) is 0 Å². The second-order valence-corrected chi connectivity index (χ2v) is 7.40. The summed E-state index contributed by atoms with van der Waals surface area (Å²) in [6.07, 6.45) is 2.58. The second kappa shape index (κ2) is 8.30. The lowest BCUT2D eigenvalue weighted by Gasteiger charge is -2.20. The van der Waals surface area contributed by atoms with Gasteiger partial charge in [0, 0.05) is 49.8 Å². The van der Waals surface area contributed by atoms with E-state index in [1.54, 1.807) is 0 Å². The summed E-state index contributed by atoms with van der Waals surface area (Å²) in [6.45, 7) is 5.13. The quantitative estimate of drug-likeness (QED) is 0.674. The number of rotatable bonds is 6. The monoisotopic (exact) mass is 373 g/mol. The standard InChI is InChI=1S/C23H27N5/c1-18-16-22(27(2)17-19-8-4-3-5-9-19)26-23(24-18)25-20-10-12-21(13-11-20)28-14-6-7-15-28/h3-5,8-13,16H,6-7,14-15,17H2,1-2H3,(H,24,25,26). The van der Waals surface area contributed by atoms with Gasteiger partial charge in [0.2, 0.25) is 5.95 Å². The molecule has 0 aliphatic carbocycles. The molecule has 0 atom stereocenters. The van der Waals surface area contributed by atoms with E-state index >= 15 is 0 Å². The number of nitrogens with zero attached hydrogens (tertiary/aromatic N) is 4. The summed E-state index contributed by atoms with van der Waals surface area (Å²) >= 11 is 0. The van der Waals surface area contributed by atoms with Gasteiger partial charge in [0.1, 0.15) is 5.82 Å². The van der Waals surface area contributed by atoms with E-state index in [9.17, 15) is 0 Å². The summed E-state index contributed by atoms with van der Waals surface area (Å²) in [4.78, 5) is 13.9. The van der Waals surface area contributed by atoms with Gasteiger partial charge in [-0.1, -0.05) is 30.3 Å². The normalized spacial score (nSPS) is 13.6. The number of aromatic nitrogens is 2. The van der Waals surface area contributed by atoms with Gasteiger partial charge in [-0.05, 0) is 49.6 Å². The van der Waals surface area contributed by atoms with Crippen molar-refractivity contribution in [1.82, 2.24) is 9.97 Å². The Morgan fingerprint density at radius 1 is 0.964 bits per heavy atom. The van der Waals surface area contributed by atoms with Gasteiger partial charge in [0.05, 0.1) is 0 Å². The smallest absolute Gasteiger partial charge is 0.229 e. The molecule has 3 aromatic rings. The molecule has 0 amide bonds. The summed E-state index contributed by atoms with van der Waals surface area (Å²) in [5.41, 5.74) is 4.50. The first-order valence-electron chi connectivity index (χ1n) is 9.90. The number of hydrogen-bond donors (Lipinski definition) is 1. The average Bonchev–Trinajstić information content (AvgIpc) is 3.24. The topological polar surface area (TPSA) is 44.3 Å². The van der Waals surface area contributed by atoms with E-state index in [0.717, 1.165) is 36.8 Å². The minimum Gasteiger partial charge on any atom is -0.372 e. The number of anilines is 4. The van der Waals surface area contributed by atoms with Gasteiger partial charge >= 0.3 is 0 Å². The van der Waals surface area contributed by atoms with E-state index in [-0.39, 0.29) is 0 Å². The lowest BCUT2D eigenvalue weighted by molar-refractivity contribution is 0.888. The molecule has 28 heavy (non-hydrogen) atoms. The fraction of sp³-hybridized carbons (Fsp3) is 0.304. The van der Waals surface area contributed by atoms with Crippen LogP contribution in [-0.2, 0) is 6.54 Å². The molecular weight excluding hydrogens is 346 g/mol. The highest BCUT2D eigenvalue weighted by atomic mass is 15.2. The number of hydrogen-bond acceptors (Lipinski definition) is 5. The maximum atomic E-state index is 4.72. The highest BCUT2D eigenvalue weighted by Crippen LogP contribution is 2.24. The third-order valence-corrected chi connectivity index (χ3v) is 5.09. The van der Waals surface area contributed by atoms with Gasteiger partial charge < -0.3 is 15.1 Å². The Labute approximate surface area is 167 Å². The van der Waals surface area contributed by atoms with Crippen LogP contribution in [0.4, 0.5) is 23.1 Å². The molecule has 1 N–H and O–H groups in total. The van der Waals surface area contributed by atoms with Crippen LogP contribution in [0.1, 0.15) is 24.1 Å². The van der Waals surface area contributed by atoms with Crippen LogP contribution in [0.2, 0.25) is 0 Å². The van der Waals surface area contributed by atoms with Crippen molar-refractivity contribution in [3.8, 4) is 0 Å². The molecule has 4 rings (SSSR count). The number of aryl methyl sites for hydroxylation is 1. The third kappa shape index (κ3) is 4.42. The van der Waals surface area contributed by atoms with Gasteiger partial charge in [-0.15, -0.1) is 0 Å². The van der Waals surface area contributed by atoms with Crippen molar-refractivity contribution in [3.63, 3.8) is 0 Å². The summed E-state index contributed by atoms with van der Waals surface area (Å²) in [5, 5.41) is 3.35. The molecule has 0 spiro atoms. The molecule has 0 bridgehead atoms. The molecule has 1 aliphatic rings. The van der Waals surface area contributed by atoms with Crippen LogP contribution >= 0.6 is 0 Å². The first kappa shape index (κ1) is 18.3. The zero-order chi connectivity index (χ0) is 19.3. The Morgan fingerprint density at radius 2 is 1.68 bits per heavy atom. The molecule has 0 radical (unpaired) electrons. The van der Waals surface area contributed by atoms with Gasteiger partial charge in [0.15, 0.2) is 0 Å². The molecule has 1 aliphatic heterocycles. The van der Waals surface area contributed by atoms with Crippen LogP contribution in [0, 0.1) is 6.92 Å². The Balaban J connectivity index is 1.47. The van der Waals surface area contributed by atoms with Crippen molar-refractivity contribution in [3.05, 3.63) is 71.9 Å². The van der Waals surface area contributed by atoms with Crippen molar-refractivity contribution in [1.29, 1.82) is 0 Å². The first-order valence-corrected chi connectivity index (χ1v) is 9.90. The van der Waals surface area contributed by atoms with E-state index < -0.39 is 0 Å². The third-order valence-electron chi connectivity index (χ3n) is 5.09. The number of nitrogens with one attached hydrogen (secondary N) is 1. The molecule has 1 fully saturated rings. The van der Waals surface area contributed by atoms with Crippen molar-refractivity contribution < 1.29 is 0 Å². The maximum Gasteiger partial charge on any atom is 0.229 e. The van der Waals surface area contributed by atoms with Crippen LogP contribution in [0.25, 0.3) is 0 Å². The Morgan fingerprint density at radius 3 is 2.39 bits per heavy atom. The van der Waals surface area contributed by atoms with Gasteiger partial charge in [-0.3, -0.25) is 0 Å². The average molecular weight is 374 g/mol. The van der Waals surface area contributed by atoms with Crippen LogP contribution in [0.15, 0.2) is 60.7 Å². The summed E-state index contributed by atoms with van der Waals surface area (Å²) in [6, 6.07) is 21.0. The van der Waals surface area contributed by atoms with Crippen LogP contribution in [0.3, 0.4) is 0 Å². The molecule has 0 unspecified atom stereocenters. The lowest BCUT2D eigenvalue weighted by atomic mass is 10.2. The number of benzene rings is 2. The minimum absolute atomic E-state index is 0.629. The largest absolute Gasteiger partial charge is 0.372 e. The summed E-state index contributed by atoms with van der Waals surface area (Å²) in [7, 11) is 2.06. The molecule has 5 heteroatoms. The fourth-order valence-corrected chi connectivity index (χ4v) is 3.60. The van der Waals surface area contributed by atoms with Crippen LogP contribution in [-0.4, -0.2) is 30.1 Å². The van der Waals surface area contributed by atoms with E-state index in [1.165, 1.54) is 24.1 Å². The fourth-order valence-electron chi connectivity index (χ4n) is 3.60. The van der Waals surface area contributed by atoms with Crippen LogP contribution in [0.5, 0.6) is 0 Å². The zero-order valence-corrected chi connectivity index (χ0v) is 16.6. The van der Waals surface area contributed by atoms with Crippen molar-refractivity contribution in [2.75, 3.05) is 35.3 Å². The van der Waals surface area contributed by atoms with Gasteiger partial charge in [-0.25, -0.2) is 4.98 Å². The molecule has 1 saturated heterocycles. The van der Waals surface area contributed by atoms with E-state index in [2.05, 4.69) is 75.7 Å². The van der Waals surface area contributed by atoms with E-state index in [4.69, 9.17) is 4.98 Å². The van der Waals surface area contributed by atoms with Crippen LogP contribution < -0.4 is 15.1 Å². The Hall–Kier alpha value is -3.08. The molecule has 144 valence electrons. The summed E-state index contributed by atoms with van der Waals surface area (Å²) in [5.74, 6) is 1.54. The minimum atomic E-state index is 0.629. The van der Waals surface area contributed by atoms with Crippen molar-refractivity contribution in [2.24, 2.45) is 0 Å². The van der Waals surface area contributed by atoms with Gasteiger partial charge in [-0.2, -0.15) is 4.98 Å². The molecule has 2 aromatic carbocycles. The highest BCUT2D eigenvalue weighted by Gasteiger charge is 2.12. The summed E-state index contributed by atoms with van der Waals surface area (Å²) < 4.78 is 0. The maximum absolute atomic E-state index is 4.72. The predicted molar refractivity (Wildman–Crippen MR) is 116 cm³/mol. The van der Waals surface area contributed by atoms with E-state index in [0.29, 0.717) is 5.95 Å². The second-order valence-electron chi connectivity index (χ2n) is 7.40. The highest BCUT2D eigenvalue weighted by molar-refractivity contribution is 5.60. The molecule has 1 aromatic heterocycles. The Kier molecular flexibility index (Phi) is 5.42.